The first kappa shape index (κ1) is 14.3. The van der Waals surface area contributed by atoms with Gasteiger partial charge < -0.3 is 20.4 Å². The average Bonchev–Trinajstić information content (AvgIpc) is 2.47. The van der Waals surface area contributed by atoms with Gasteiger partial charge in [-0.05, 0) is 30.9 Å². The maximum atomic E-state index is 12.1. The highest BCUT2D eigenvalue weighted by Crippen LogP contribution is 2.18. The van der Waals surface area contributed by atoms with Gasteiger partial charge in [0.05, 0.1) is 5.69 Å². The summed E-state index contributed by atoms with van der Waals surface area (Å²) in [7, 11) is 0. The number of amides is 2. The number of anilines is 1. The predicted octanol–water partition coefficient (Wildman–Crippen LogP) is 1.02. The van der Waals surface area contributed by atoms with Crippen LogP contribution in [0.3, 0.4) is 0 Å². The summed E-state index contributed by atoms with van der Waals surface area (Å²) in [5.74, 6) is -1.10. The monoisotopic (exact) mass is 279 g/mol. The Labute approximate surface area is 116 Å². The molecule has 0 aliphatic carbocycles. The van der Waals surface area contributed by atoms with Crippen molar-refractivity contribution in [3.63, 3.8) is 0 Å². The second kappa shape index (κ2) is 6.33. The standard InChI is InChI=1S/C13H17N3O4/c17-8-9-3-2-6-16(7-9)13(20)15-10-4-1-5-14-11(10)12(18)19/h1,4-5,9,17H,2-3,6-8H2,(H,15,20)(H,18,19). The van der Waals surface area contributed by atoms with Gasteiger partial charge >= 0.3 is 12.0 Å². The molecule has 1 saturated heterocycles. The van der Waals surface area contributed by atoms with Gasteiger partial charge in [0.2, 0.25) is 0 Å². The largest absolute Gasteiger partial charge is 0.476 e. The zero-order valence-corrected chi connectivity index (χ0v) is 11.0. The van der Waals surface area contributed by atoms with Gasteiger partial charge in [-0.25, -0.2) is 14.6 Å². The van der Waals surface area contributed by atoms with Gasteiger partial charge in [-0.1, -0.05) is 0 Å². The van der Waals surface area contributed by atoms with Gasteiger partial charge in [0.1, 0.15) is 0 Å². The SMILES string of the molecule is O=C(O)c1ncccc1NC(=O)N1CCCC(CO)C1. The Morgan fingerprint density at radius 2 is 2.30 bits per heavy atom. The number of pyridine rings is 1. The first-order chi connectivity index (χ1) is 9.61. The third kappa shape index (κ3) is 3.24. The highest BCUT2D eigenvalue weighted by molar-refractivity contribution is 5.98. The van der Waals surface area contributed by atoms with Gasteiger partial charge in [-0.15, -0.1) is 0 Å². The average molecular weight is 279 g/mol. The van der Waals surface area contributed by atoms with Gasteiger partial charge in [0, 0.05) is 25.9 Å². The number of nitrogens with zero attached hydrogens (tertiary/aromatic N) is 2. The van der Waals surface area contributed by atoms with Crippen LogP contribution in [0.1, 0.15) is 23.3 Å². The Balaban J connectivity index is 2.06. The van der Waals surface area contributed by atoms with Crippen molar-refractivity contribution in [2.24, 2.45) is 5.92 Å². The molecule has 108 valence electrons. The number of hydrogen-bond acceptors (Lipinski definition) is 4. The maximum Gasteiger partial charge on any atom is 0.356 e. The number of urea groups is 1. The molecule has 1 fully saturated rings. The van der Waals surface area contributed by atoms with E-state index in [2.05, 4.69) is 10.3 Å². The molecule has 0 saturated carbocycles. The lowest BCUT2D eigenvalue weighted by molar-refractivity contribution is 0.0691. The first-order valence-electron chi connectivity index (χ1n) is 6.47. The van der Waals surface area contributed by atoms with Crippen molar-refractivity contribution in [2.75, 3.05) is 25.0 Å². The fraction of sp³-hybridized carbons (Fsp3) is 0.462. The van der Waals surface area contributed by atoms with Crippen LogP contribution in [0.4, 0.5) is 10.5 Å². The van der Waals surface area contributed by atoms with E-state index >= 15 is 0 Å². The minimum absolute atomic E-state index is 0.0526. The second-order valence-electron chi connectivity index (χ2n) is 4.77. The molecule has 0 spiro atoms. The molecule has 0 bridgehead atoms. The number of hydrogen-bond donors (Lipinski definition) is 3. The maximum absolute atomic E-state index is 12.1. The zero-order chi connectivity index (χ0) is 14.5. The number of aromatic nitrogens is 1. The molecular weight excluding hydrogens is 262 g/mol. The minimum atomic E-state index is -1.19. The van der Waals surface area contributed by atoms with E-state index in [-0.39, 0.29) is 29.9 Å². The summed E-state index contributed by atoms with van der Waals surface area (Å²) in [5.41, 5.74) is -0.00677. The third-order valence-corrected chi connectivity index (χ3v) is 3.32. The number of carboxylic acid groups (broad SMARTS) is 1. The van der Waals surface area contributed by atoms with Crippen LogP contribution in [0.2, 0.25) is 0 Å². The number of carbonyl (C=O) groups excluding carboxylic acids is 1. The van der Waals surface area contributed by atoms with E-state index in [0.29, 0.717) is 13.1 Å². The number of likely N-dealkylation sites (tertiary alicyclic amines) is 1. The first-order valence-corrected chi connectivity index (χ1v) is 6.47. The summed E-state index contributed by atoms with van der Waals surface area (Å²) >= 11 is 0. The molecule has 1 aliphatic heterocycles. The Morgan fingerprint density at radius 1 is 1.50 bits per heavy atom. The number of aliphatic hydroxyl groups excluding tert-OH is 1. The summed E-state index contributed by atoms with van der Waals surface area (Å²) < 4.78 is 0. The molecule has 1 aliphatic rings. The van der Waals surface area contributed by atoms with E-state index in [1.165, 1.54) is 12.3 Å². The molecular formula is C13H17N3O4. The number of rotatable bonds is 3. The van der Waals surface area contributed by atoms with Crippen molar-refractivity contribution >= 4 is 17.7 Å². The summed E-state index contributed by atoms with van der Waals surface area (Å²) in [5, 5.41) is 20.7. The molecule has 2 rings (SSSR count). The van der Waals surface area contributed by atoms with Crippen LogP contribution >= 0.6 is 0 Å². The van der Waals surface area contributed by atoms with E-state index in [9.17, 15) is 9.59 Å². The van der Waals surface area contributed by atoms with E-state index in [1.54, 1.807) is 11.0 Å². The molecule has 1 aromatic rings. The molecule has 7 heteroatoms. The normalized spacial score (nSPS) is 18.6. The molecule has 0 aromatic carbocycles. The molecule has 3 N–H and O–H groups in total. The lowest BCUT2D eigenvalue weighted by atomic mass is 9.99. The molecule has 1 unspecified atom stereocenters. The lowest BCUT2D eigenvalue weighted by Gasteiger charge is -2.31. The van der Waals surface area contributed by atoms with Crippen molar-refractivity contribution in [3.05, 3.63) is 24.0 Å². The number of aliphatic hydroxyl groups is 1. The van der Waals surface area contributed by atoms with Crippen molar-refractivity contribution in [3.8, 4) is 0 Å². The van der Waals surface area contributed by atoms with Gasteiger partial charge in [-0.3, -0.25) is 0 Å². The van der Waals surface area contributed by atoms with Crippen molar-refractivity contribution in [2.45, 2.75) is 12.8 Å². The fourth-order valence-corrected chi connectivity index (χ4v) is 2.27. The number of nitrogens with one attached hydrogen (secondary N) is 1. The number of aromatic carboxylic acids is 1. The van der Waals surface area contributed by atoms with Crippen LogP contribution in [0.15, 0.2) is 18.3 Å². The van der Waals surface area contributed by atoms with Crippen LogP contribution in [-0.2, 0) is 0 Å². The van der Waals surface area contributed by atoms with E-state index in [4.69, 9.17) is 10.2 Å². The Morgan fingerprint density at radius 3 is 3.00 bits per heavy atom. The zero-order valence-electron chi connectivity index (χ0n) is 11.0. The summed E-state index contributed by atoms with van der Waals surface area (Å²) in [4.78, 5) is 28.5. The highest BCUT2D eigenvalue weighted by Gasteiger charge is 2.24. The van der Waals surface area contributed by atoms with Crippen molar-refractivity contribution < 1.29 is 19.8 Å². The molecule has 1 atom stereocenters. The molecule has 20 heavy (non-hydrogen) atoms. The minimum Gasteiger partial charge on any atom is -0.476 e. The lowest BCUT2D eigenvalue weighted by Crippen LogP contribution is -2.43. The van der Waals surface area contributed by atoms with Crippen molar-refractivity contribution in [1.82, 2.24) is 9.88 Å². The Hall–Kier alpha value is -2.15. The van der Waals surface area contributed by atoms with Crippen LogP contribution in [0, 0.1) is 5.92 Å². The number of carbonyl (C=O) groups is 2. The van der Waals surface area contributed by atoms with E-state index in [1.807, 2.05) is 0 Å². The van der Waals surface area contributed by atoms with E-state index in [0.717, 1.165) is 12.8 Å². The molecule has 2 heterocycles. The topological polar surface area (TPSA) is 103 Å². The Bertz CT molecular complexity index is 506. The van der Waals surface area contributed by atoms with E-state index < -0.39 is 5.97 Å². The molecule has 0 radical (unpaired) electrons. The van der Waals surface area contributed by atoms with Crippen LogP contribution in [0.5, 0.6) is 0 Å². The van der Waals surface area contributed by atoms with Crippen LogP contribution < -0.4 is 5.32 Å². The third-order valence-electron chi connectivity index (χ3n) is 3.32. The van der Waals surface area contributed by atoms with Gasteiger partial charge in [0.25, 0.3) is 0 Å². The molecule has 1 aromatic heterocycles. The van der Waals surface area contributed by atoms with Crippen molar-refractivity contribution in [1.29, 1.82) is 0 Å². The van der Waals surface area contributed by atoms with Gasteiger partial charge in [-0.2, -0.15) is 0 Å². The van der Waals surface area contributed by atoms with Gasteiger partial charge in [0.15, 0.2) is 5.69 Å². The second-order valence-corrected chi connectivity index (χ2v) is 4.77. The highest BCUT2D eigenvalue weighted by atomic mass is 16.4. The van der Waals surface area contributed by atoms with Crippen LogP contribution in [0.25, 0.3) is 0 Å². The fourth-order valence-electron chi connectivity index (χ4n) is 2.27. The number of piperidine rings is 1. The number of carboxylic acids is 1. The Kier molecular flexibility index (Phi) is 4.52. The summed E-state index contributed by atoms with van der Waals surface area (Å²) in [6.45, 7) is 1.13. The molecule has 2 amide bonds. The summed E-state index contributed by atoms with van der Waals surface area (Å²) in [6.07, 6.45) is 3.09. The smallest absolute Gasteiger partial charge is 0.356 e. The molecule has 7 nitrogen and oxygen atoms in total. The quantitative estimate of drug-likeness (QED) is 0.766. The van der Waals surface area contributed by atoms with Crippen LogP contribution in [-0.4, -0.2) is 51.8 Å². The predicted molar refractivity (Wildman–Crippen MR) is 71.6 cm³/mol. The summed E-state index contributed by atoms with van der Waals surface area (Å²) in [6, 6.07) is 2.70.